The van der Waals surface area contributed by atoms with Crippen LogP contribution in [0.4, 0.5) is 16.4 Å². The minimum atomic E-state index is 0. The van der Waals surface area contributed by atoms with E-state index in [-0.39, 0.29) is 12.4 Å². The monoisotopic (exact) mass is 266 g/mol. The van der Waals surface area contributed by atoms with Gasteiger partial charge in [0.2, 0.25) is 0 Å². The van der Waals surface area contributed by atoms with Crippen molar-refractivity contribution in [3.8, 4) is 0 Å². The minimum absolute atomic E-state index is 0. The average molecular weight is 267 g/mol. The predicted octanol–water partition coefficient (Wildman–Crippen LogP) is 2.97. The van der Waals surface area contributed by atoms with E-state index < -0.39 is 0 Å². The van der Waals surface area contributed by atoms with E-state index in [0.717, 1.165) is 27.1 Å². The zero-order valence-electron chi connectivity index (χ0n) is 9.10. The van der Waals surface area contributed by atoms with Gasteiger partial charge in [-0.25, -0.2) is 9.98 Å². The fourth-order valence-corrected chi connectivity index (χ4v) is 2.51. The molecular weight excluding hydrogens is 256 g/mol. The Bertz CT molecular complexity index is 591. The summed E-state index contributed by atoms with van der Waals surface area (Å²) < 4.78 is 0. The molecule has 4 nitrogen and oxygen atoms in total. The van der Waals surface area contributed by atoms with Crippen molar-refractivity contribution in [2.75, 3.05) is 5.32 Å². The van der Waals surface area contributed by atoms with Crippen LogP contribution < -0.4 is 11.1 Å². The second kappa shape index (κ2) is 4.35. The summed E-state index contributed by atoms with van der Waals surface area (Å²) in [7, 11) is 0. The Labute approximate surface area is 109 Å². The highest BCUT2D eigenvalue weighted by atomic mass is 35.5. The smallest absolute Gasteiger partial charge is 0.153 e. The van der Waals surface area contributed by atoms with E-state index in [2.05, 4.69) is 15.3 Å². The summed E-state index contributed by atoms with van der Waals surface area (Å²) >= 11 is 1.59. The van der Waals surface area contributed by atoms with Crippen LogP contribution in [-0.4, -0.2) is 10.8 Å². The van der Waals surface area contributed by atoms with E-state index in [1.807, 2.05) is 31.2 Å². The molecule has 6 heteroatoms. The van der Waals surface area contributed by atoms with Crippen molar-refractivity contribution in [2.24, 2.45) is 10.7 Å². The molecule has 1 aliphatic rings. The first kappa shape index (κ1) is 11.9. The van der Waals surface area contributed by atoms with Gasteiger partial charge in [-0.05, 0) is 19.1 Å². The summed E-state index contributed by atoms with van der Waals surface area (Å²) in [6.45, 7) is 1.96. The molecule has 0 unspecified atom stereocenters. The molecule has 0 bridgehead atoms. The molecule has 88 valence electrons. The van der Waals surface area contributed by atoms with Crippen LogP contribution in [0, 0.1) is 6.92 Å². The number of nitrogens with one attached hydrogen (secondary N) is 1. The molecule has 1 aromatic carbocycles. The quantitative estimate of drug-likeness (QED) is 0.771. The van der Waals surface area contributed by atoms with Crippen molar-refractivity contribution in [1.82, 2.24) is 4.98 Å². The number of aliphatic imine (C=N–C) groups is 1. The highest BCUT2D eigenvalue weighted by Gasteiger charge is 2.17. The molecule has 1 aromatic heterocycles. The van der Waals surface area contributed by atoms with E-state index in [1.54, 1.807) is 11.3 Å². The van der Waals surface area contributed by atoms with Crippen LogP contribution in [0.25, 0.3) is 0 Å². The molecule has 3 N–H and O–H groups in total. The highest BCUT2D eigenvalue weighted by molar-refractivity contribution is 7.16. The zero-order valence-corrected chi connectivity index (χ0v) is 10.7. The van der Waals surface area contributed by atoms with Crippen molar-refractivity contribution in [3.05, 3.63) is 35.0 Å². The number of hydrogen-bond donors (Lipinski definition) is 2. The van der Waals surface area contributed by atoms with E-state index in [1.165, 1.54) is 0 Å². The number of nitrogens with zero attached hydrogens (tertiary/aromatic N) is 2. The van der Waals surface area contributed by atoms with Crippen LogP contribution in [0.5, 0.6) is 0 Å². The number of amidine groups is 1. The molecule has 2 heterocycles. The maximum atomic E-state index is 5.93. The van der Waals surface area contributed by atoms with Crippen LogP contribution >= 0.6 is 23.7 Å². The molecule has 2 aromatic rings. The molecule has 0 atom stereocenters. The Morgan fingerprint density at radius 2 is 2.06 bits per heavy atom. The van der Waals surface area contributed by atoms with Gasteiger partial charge in [-0.1, -0.05) is 12.1 Å². The highest BCUT2D eigenvalue weighted by Crippen LogP contribution is 2.35. The molecular formula is C11H11ClN4S. The van der Waals surface area contributed by atoms with Crippen molar-refractivity contribution in [1.29, 1.82) is 0 Å². The summed E-state index contributed by atoms with van der Waals surface area (Å²) in [5.41, 5.74) is 8.49. The Morgan fingerprint density at radius 1 is 1.29 bits per heavy atom. The van der Waals surface area contributed by atoms with Crippen LogP contribution in [0.1, 0.15) is 10.7 Å². The van der Waals surface area contributed by atoms with Gasteiger partial charge in [-0.15, -0.1) is 23.7 Å². The van der Waals surface area contributed by atoms with E-state index in [4.69, 9.17) is 5.73 Å². The first-order valence-corrected chi connectivity index (χ1v) is 5.74. The third-order valence-corrected chi connectivity index (χ3v) is 3.26. The minimum Gasteiger partial charge on any atom is -0.382 e. The van der Waals surface area contributed by atoms with Gasteiger partial charge in [0.15, 0.2) is 5.84 Å². The topological polar surface area (TPSA) is 63.3 Å². The average Bonchev–Trinajstić information content (AvgIpc) is 2.57. The van der Waals surface area contributed by atoms with Crippen molar-refractivity contribution in [2.45, 2.75) is 6.92 Å². The van der Waals surface area contributed by atoms with Crippen LogP contribution in [-0.2, 0) is 0 Å². The third-order valence-electron chi connectivity index (χ3n) is 2.37. The molecule has 0 aliphatic carbocycles. The van der Waals surface area contributed by atoms with Crippen molar-refractivity contribution < 1.29 is 0 Å². The predicted molar refractivity (Wildman–Crippen MR) is 74.2 cm³/mol. The van der Waals surface area contributed by atoms with Gasteiger partial charge in [0.25, 0.3) is 0 Å². The van der Waals surface area contributed by atoms with E-state index in [9.17, 15) is 0 Å². The lowest BCUT2D eigenvalue weighted by atomic mass is 10.3. The number of anilines is 2. The van der Waals surface area contributed by atoms with Crippen molar-refractivity contribution in [3.63, 3.8) is 0 Å². The summed E-state index contributed by atoms with van der Waals surface area (Å²) in [5, 5.41) is 5.26. The number of nitrogens with two attached hydrogens (primary N) is 1. The zero-order chi connectivity index (χ0) is 11.1. The first-order valence-electron chi connectivity index (χ1n) is 4.92. The van der Waals surface area contributed by atoms with Gasteiger partial charge in [-0.2, -0.15) is 0 Å². The largest absolute Gasteiger partial charge is 0.382 e. The molecule has 0 spiro atoms. The van der Waals surface area contributed by atoms with Gasteiger partial charge in [0, 0.05) is 0 Å². The first-order chi connectivity index (χ1) is 7.74. The van der Waals surface area contributed by atoms with Gasteiger partial charge >= 0.3 is 0 Å². The van der Waals surface area contributed by atoms with Crippen molar-refractivity contribution >= 4 is 46.0 Å². The number of halogens is 1. The van der Waals surface area contributed by atoms with Gasteiger partial charge in [0.05, 0.1) is 16.4 Å². The van der Waals surface area contributed by atoms with Gasteiger partial charge in [0.1, 0.15) is 10.7 Å². The number of benzene rings is 1. The Kier molecular flexibility index (Phi) is 3.04. The maximum Gasteiger partial charge on any atom is 0.153 e. The van der Waals surface area contributed by atoms with Gasteiger partial charge in [-0.3, -0.25) is 0 Å². The second-order valence-electron chi connectivity index (χ2n) is 3.55. The molecule has 0 saturated heterocycles. The molecule has 0 fully saturated rings. The number of aromatic nitrogens is 1. The standard InChI is InChI=1S/C11H10N4S.ClH/c1-6-13-9-10(12)14-7-4-2-3-5-8(7)15-11(9)16-6;/h2-5,15H,1H3,(H2,12,14);1H. The number of rotatable bonds is 0. The molecule has 1 aliphatic heterocycles. The summed E-state index contributed by atoms with van der Waals surface area (Å²) in [6.07, 6.45) is 0. The Balaban J connectivity index is 0.00000108. The molecule has 0 saturated carbocycles. The second-order valence-corrected chi connectivity index (χ2v) is 4.75. The Hall–Kier alpha value is -1.59. The lowest BCUT2D eigenvalue weighted by molar-refractivity contribution is 1.26. The fraction of sp³-hybridized carbons (Fsp3) is 0.0909. The van der Waals surface area contributed by atoms with E-state index >= 15 is 0 Å². The fourth-order valence-electron chi connectivity index (χ4n) is 1.67. The van der Waals surface area contributed by atoms with Gasteiger partial charge < -0.3 is 11.1 Å². The lowest BCUT2D eigenvalue weighted by Gasteiger charge is -2.03. The van der Waals surface area contributed by atoms with Crippen LogP contribution in [0.3, 0.4) is 0 Å². The third kappa shape index (κ3) is 1.99. The van der Waals surface area contributed by atoms with E-state index in [0.29, 0.717) is 5.84 Å². The van der Waals surface area contributed by atoms with Crippen LogP contribution in [0.15, 0.2) is 29.3 Å². The number of fused-ring (bicyclic) bond motifs is 2. The van der Waals surface area contributed by atoms with Crippen LogP contribution in [0.2, 0.25) is 0 Å². The number of aryl methyl sites for hydroxylation is 1. The summed E-state index contributed by atoms with van der Waals surface area (Å²) in [6, 6.07) is 7.82. The molecule has 0 amide bonds. The molecule has 0 radical (unpaired) electrons. The normalized spacial score (nSPS) is 12.4. The molecule has 17 heavy (non-hydrogen) atoms. The number of hydrogen-bond acceptors (Lipinski definition) is 5. The number of para-hydroxylation sites is 2. The molecule has 3 rings (SSSR count). The summed E-state index contributed by atoms with van der Waals surface area (Å²) in [5.74, 6) is 0.469. The maximum absolute atomic E-state index is 5.93. The Morgan fingerprint density at radius 3 is 2.88 bits per heavy atom. The number of thiazole rings is 1. The summed E-state index contributed by atoms with van der Waals surface area (Å²) in [4.78, 5) is 8.75. The lowest BCUT2D eigenvalue weighted by Crippen LogP contribution is -2.13. The SMILES string of the molecule is Cc1nc2c(s1)Nc1ccccc1N=C2N.Cl.